The Morgan fingerprint density at radius 3 is 2.55 bits per heavy atom. The Hall–Kier alpha value is -1.55. The first-order valence-electron chi connectivity index (χ1n) is 7.55. The predicted molar refractivity (Wildman–Crippen MR) is 85.8 cm³/mol. The molecule has 0 spiro atoms. The summed E-state index contributed by atoms with van der Waals surface area (Å²) in [6.07, 6.45) is 1.68. The van der Waals surface area contributed by atoms with Crippen LogP contribution in [0.25, 0.3) is 0 Å². The molecule has 4 nitrogen and oxygen atoms in total. The number of nitrogens with zero attached hydrogens (tertiary/aromatic N) is 1. The van der Waals surface area contributed by atoms with Crippen molar-refractivity contribution in [2.24, 2.45) is 5.92 Å². The van der Waals surface area contributed by atoms with Crippen LogP contribution in [-0.2, 0) is 16.0 Å². The fraction of sp³-hybridized carbons (Fsp3) is 0.529. The van der Waals surface area contributed by atoms with Crippen LogP contribution in [0.4, 0.5) is 4.79 Å². The van der Waals surface area contributed by atoms with Gasteiger partial charge < -0.3 is 4.74 Å². The summed E-state index contributed by atoms with van der Waals surface area (Å²) >= 11 is 5.87. The van der Waals surface area contributed by atoms with Gasteiger partial charge in [0.2, 0.25) is 5.91 Å². The summed E-state index contributed by atoms with van der Waals surface area (Å²) in [4.78, 5) is 25.9. The maximum Gasteiger partial charge on any atom is 0.417 e. The summed E-state index contributed by atoms with van der Waals surface area (Å²) in [6, 6.07) is 7.47. The molecule has 2 amide bonds. The van der Waals surface area contributed by atoms with Crippen LogP contribution >= 0.6 is 11.6 Å². The van der Waals surface area contributed by atoms with Gasteiger partial charge in [0, 0.05) is 17.5 Å². The zero-order valence-corrected chi connectivity index (χ0v) is 14.0. The van der Waals surface area contributed by atoms with E-state index in [2.05, 4.69) is 0 Å². The highest BCUT2D eigenvalue weighted by Gasteiger charge is 2.35. The molecule has 1 saturated heterocycles. The van der Waals surface area contributed by atoms with Gasteiger partial charge in [-0.25, -0.2) is 9.69 Å². The van der Waals surface area contributed by atoms with Gasteiger partial charge in [-0.1, -0.05) is 23.7 Å². The Morgan fingerprint density at radius 2 is 1.95 bits per heavy atom. The largest absolute Gasteiger partial charge is 0.443 e. The quantitative estimate of drug-likeness (QED) is 0.824. The summed E-state index contributed by atoms with van der Waals surface area (Å²) in [5.74, 6) is -0.321. The molecule has 5 heteroatoms. The van der Waals surface area contributed by atoms with Crippen molar-refractivity contribution in [1.82, 2.24) is 4.90 Å². The molecular formula is C17H22ClNO3. The van der Waals surface area contributed by atoms with E-state index in [1.54, 1.807) is 20.8 Å². The zero-order chi connectivity index (χ0) is 16.3. The first-order chi connectivity index (χ1) is 10.3. The molecule has 0 saturated carbocycles. The van der Waals surface area contributed by atoms with Gasteiger partial charge in [-0.05, 0) is 57.7 Å². The van der Waals surface area contributed by atoms with Gasteiger partial charge in [0.25, 0.3) is 0 Å². The molecule has 0 aromatic heterocycles. The third-order valence-electron chi connectivity index (χ3n) is 3.56. The molecule has 0 aliphatic carbocycles. The third-order valence-corrected chi connectivity index (χ3v) is 3.81. The Balaban J connectivity index is 2.03. The number of likely N-dealkylation sites (tertiary alicyclic amines) is 1. The highest BCUT2D eigenvalue weighted by Crippen LogP contribution is 2.24. The molecule has 0 bridgehead atoms. The highest BCUT2D eigenvalue weighted by molar-refractivity contribution is 6.30. The molecule has 1 aromatic rings. The van der Waals surface area contributed by atoms with Gasteiger partial charge >= 0.3 is 6.09 Å². The standard InChI is InChI=1S/C17H22ClNO3/c1-17(2,3)22-16(21)19-10-4-5-13(15(19)20)11-12-6-8-14(18)9-7-12/h6-9,13H,4-5,10-11H2,1-3H3. The fourth-order valence-electron chi connectivity index (χ4n) is 2.54. The van der Waals surface area contributed by atoms with Crippen LogP contribution in [0.15, 0.2) is 24.3 Å². The van der Waals surface area contributed by atoms with E-state index in [9.17, 15) is 9.59 Å². The number of piperidine rings is 1. The minimum Gasteiger partial charge on any atom is -0.443 e. The van der Waals surface area contributed by atoms with Crippen LogP contribution in [-0.4, -0.2) is 29.0 Å². The Bertz CT molecular complexity index is 548. The van der Waals surface area contributed by atoms with E-state index in [4.69, 9.17) is 16.3 Å². The lowest BCUT2D eigenvalue weighted by molar-refractivity contribution is -0.137. The average molecular weight is 324 g/mol. The van der Waals surface area contributed by atoms with Crippen LogP contribution < -0.4 is 0 Å². The molecule has 1 unspecified atom stereocenters. The van der Waals surface area contributed by atoms with Gasteiger partial charge in [-0.3, -0.25) is 4.79 Å². The van der Waals surface area contributed by atoms with Crippen molar-refractivity contribution >= 4 is 23.6 Å². The average Bonchev–Trinajstić information content (AvgIpc) is 2.41. The van der Waals surface area contributed by atoms with E-state index < -0.39 is 11.7 Å². The van der Waals surface area contributed by atoms with E-state index in [1.807, 2.05) is 24.3 Å². The molecule has 1 atom stereocenters. The maximum atomic E-state index is 12.5. The van der Waals surface area contributed by atoms with Crippen molar-refractivity contribution in [3.63, 3.8) is 0 Å². The number of carbonyl (C=O) groups excluding carboxylic acids is 2. The van der Waals surface area contributed by atoms with Gasteiger partial charge in [-0.2, -0.15) is 0 Å². The van der Waals surface area contributed by atoms with Crippen molar-refractivity contribution < 1.29 is 14.3 Å². The van der Waals surface area contributed by atoms with E-state index in [1.165, 1.54) is 4.90 Å². The van der Waals surface area contributed by atoms with Crippen molar-refractivity contribution in [2.45, 2.75) is 45.6 Å². The number of benzene rings is 1. The summed E-state index contributed by atoms with van der Waals surface area (Å²) in [5.41, 5.74) is 0.453. The third kappa shape index (κ3) is 4.47. The van der Waals surface area contributed by atoms with Crippen LogP contribution in [0.1, 0.15) is 39.2 Å². The van der Waals surface area contributed by atoms with E-state index in [-0.39, 0.29) is 11.8 Å². The summed E-state index contributed by atoms with van der Waals surface area (Å²) in [5, 5.41) is 0.675. The van der Waals surface area contributed by atoms with Crippen molar-refractivity contribution in [3.05, 3.63) is 34.9 Å². The molecule has 1 fully saturated rings. The topological polar surface area (TPSA) is 46.6 Å². The molecular weight excluding hydrogens is 302 g/mol. The van der Waals surface area contributed by atoms with Gasteiger partial charge in [0.05, 0.1) is 0 Å². The highest BCUT2D eigenvalue weighted by atomic mass is 35.5. The lowest BCUT2D eigenvalue weighted by Crippen LogP contribution is -2.47. The van der Waals surface area contributed by atoms with E-state index in [0.717, 1.165) is 18.4 Å². The van der Waals surface area contributed by atoms with Gasteiger partial charge in [-0.15, -0.1) is 0 Å². The molecule has 1 aromatic carbocycles. The van der Waals surface area contributed by atoms with E-state index in [0.29, 0.717) is 18.0 Å². The minimum atomic E-state index is -0.597. The molecule has 2 rings (SSSR count). The van der Waals surface area contributed by atoms with Gasteiger partial charge in [0.15, 0.2) is 0 Å². The summed E-state index contributed by atoms with van der Waals surface area (Å²) < 4.78 is 5.31. The lowest BCUT2D eigenvalue weighted by Gasteiger charge is -2.32. The number of amides is 2. The first-order valence-corrected chi connectivity index (χ1v) is 7.93. The normalized spacial score (nSPS) is 19.2. The van der Waals surface area contributed by atoms with E-state index >= 15 is 0 Å². The van der Waals surface area contributed by atoms with Crippen LogP contribution in [0, 0.1) is 5.92 Å². The second kappa shape index (κ2) is 6.69. The molecule has 1 aliphatic rings. The van der Waals surface area contributed by atoms with Crippen LogP contribution in [0.3, 0.4) is 0 Å². The molecule has 0 radical (unpaired) electrons. The molecule has 22 heavy (non-hydrogen) atoms. The summed E-state index contributed by atoms with van der Waals surface area (Å²) in [6.45, 7) is 5.82. The Labute approximate surface area is 136 Å². The smallest absolute Gasteiger partial charge is 0.417 e. The zero-order valence-electron chi connectivity index (χ0n) is 13.3. The number of imide groups is 1. The number of carbonyl (C=O) groups is 2. The van der Waals surface area contributed by atoms with Crippen molar-refractivity contribution in [3.8, 4) is 0 Å². The number of halogens is 1. The second-order valence-electron chi connectivity index (χ2n) is 6.64. The SMILES string of the molecule is CC(C)(C)OC(=O)N1CCCC(Cc2ccc(Cl)cc2)C1=O. The first kappa shape index (κ1) is 16.8. The predicted octanol–water partition coefficient (Wildman–Crippen LogP) is 4.06. The summed E-state index contributed by atoms with van der Waals surface area (Å²) in [7, 11) is 0. The lowest BCUT2D eigenvalue weighted by atomic mass is 9.90. The fourth-order valence-corrected chi connectivity index (χ4v) is 2.67. The Kier molecular flexibility index (Phi) is 5.12. The molecule has 0 N–H and O–H groups in total. The van der Waals surface area contributed by atoms with Crippen LogP contribution in [0.2, 0.25) is 5.02 Å². The molecule has 1 aliphatic heterocycles. The Morgan fingerprint density at radius 1 is 1.32 bits per heavy atom. The minimum absolute atomic E-state index is 0.143. The second-order valence-corrected chi connectivity index (χ2v) is 7.08. The van der Waals surface area contributed by atoms with Crippen molar-refractivity contribution in [1.29, 1.82) is 0 Å². The molecule has 120 valence electrons. The number of ether oxygens (including phenoxy) is 1. The van der Waals surface area contributed by atoms with Gasteiger partial charge in [0.1, 0.15) is 5.60 Å². The monoisotopic (exact) mass is 323 g/mol. The van der Waals surface area contributed by atoms with Crippen molar-refractivity contribution in [2.75, 3.05) is 6.54 Å². The molecule has 1 heterocycles. The number of hydrogen-bond donors (Lipinski definition) is 0. The van der Waals surface area contributed by atoms with Crippen LogP contribution in [0.5, 0.6) is 0 Å². The number of rotatable bonds is 2. The maximum absolute atomic E-state index is 12.5. The number of hydrogen-bond acceptors (Lipinski definition) is 3.